The standard InChI is InChI=1S/C22H28N2O3/c1-23(2)21(25)8-7-17-3-5-18(6-4-17)15-19-9-12-24(13-10-19)22(26)20-11-14-27-16-20/h3-6,11,14,16,19H,7-10,12-13,15H2,1-2H3. The number of hydrogen-bond acceptors (Lipinski definition) is 3. The minimum absolute atomic E-state index is 0.0684. The average molecular weight is 368 g/mol. The zero-order chi connectivity index (χ0) is 19.2. The van der Waals surface area contributed by atoms with Gasteiger partial charge in [-0.3, -0.25) is 9.59 Å². The smallest absolute Gasteiger partial charge is 0.257 e. The molecule has 5 nitrogen and oxygen atoms in total. The highest BCUT2D eigenvalue weighted by Gasteiger charge is 2.24. The first kappa shape index (κ1) is 19.2. The largest absolute Gasteiger partial charge is 0.472 e. The second kappa shape index (κ2) is 8.89. The number of carbonyl (C=O) groups excluding carboxylic acids is 2. The number of amides is 2. The Balaban J connectivity index is 1.45. The van der Waals surface area contributed by atoms with Gasteiger partial charge in [-0.2, -0.15) is 0 Å². The van der Waals surface area contributed by atoms with Gasteiger partial charge in [0.1, 0.15) is 6.26 Å². The van der Waals surface area contributed by atoms with Crippen molar-refractivity contribution >= 4 is 11.8 Å². The molecule has 0 atom stereocenters. The highest BCUT2D eigenvalue weighted by atomic mass is 16.3. The zero-order valence-electron chi connectivity index (χ0n) is 16.2. The molecule has 5 heteroatoms. The molecular formula is C22H28N2O3. The predicted octanol–water partition coefficient (Wildman–Crippen LogP) is 3.40. The van der Waals surface area contributed by atoms with Crippen molar-refractivity contribution in [3.63, 3.8) is 0 Å². The van der Waals surface area contributed by atoms with Gasteiger partial charge in [-0.05, 0) is 48.8 Å². The van der Waals surface area contributed by atoms with Gasteiger partial charge in [0.05, 0.1) is 11.8 Å². The third-order valence-electron chi connectivity index (χ3n) is 5.34. The molecular weight excluding hydrogens is 340 g/mol. The number of likely N-dealkylation sites (tertiary alicyclic amines) is 1. The molecule has 0 N–H and O–H groups in total. The van der Waals surface area contributed by atoms with Crippen LogP contribution in [0.5, 0.6) is 0 Å². The molecule has 0 aliphatic carbocycles. The first-order valence-electron chi connectivity index (χ1n) is 9.62. The van der Waals surface area contributed by atoms with Gasteiger partial charge in [0.15, 0.2) is 0 Å². The number of furan rings is 1. The van der Waals surface area contributed by atoms with Crippen molar-refractivity contribution in [2.24, 2.45) is 5.92 Å². The van der Waals surface area contributed by atoms with Gasteiger partial charge in [0, 0.05) is 33.6 Å². The maximum absolute atomic E-state index is 12.4. The Morgan fingerprint density at radius 1 is 1.07 bits per heavy atom. The molecule has 1 aromatic heterocycles. The van der Waals surface area contributed by atoms with Gasteiger partial charge in [-0.25, -0.2) is 0 Å². The summed E-state index contributed by atoms with van der Waals surface area (Å²) in [6.07, 6.45) is 7.50. The first-order valence-corrected chi connectivity index (χ1v) is 9.62. The lowest BCUT2D eigenvalue weighted by Crippen LogP contribution is -2.38. The van der Waals surface area contributed by atoms with Crippen molar-refractivity contribution < 1.29 is 14.0 Å². The van der Waals surface area contributed by atoms with Crippen molar-refractivity contribution in [3.05, 3.63) is 59.5 Å². The molecule has 0 saturated carbocycles. The first-order chi connectivity index (χ1) is 13.0. The molecule has 3 rings (SSSR count). The fourth-order valence-electron chi connectivity index (χ4n) is 3.56. The van der Waals surface area contributed by atoms with Crippen LogP contribution < -0.4 is 0 Å². The summed E-state index contributed by atoms with van der Waals surface area (Å²) in [5.74, 6) is 0.842. The van der Waals surface area contributed by atoms with E-state index in [0.717, 1.165) is 38.8 Å². The van der Waals surface area contributed by atoms with Crippen molar-refractivity contribution in [3.8, 4) is 0 Å². The molecule has 1 aliphatic heterocycles. The fraction of sp³-hybridized carbons (Fsp3) is 0.455. The van der Waals surface area contributed by atoms with Gasteiger partial charge in [-0.1, -0.05) is 24.3 Å². The van der Waals surface area contributed by atoms with Gasteiger partial charge in [0.2, 0.25) is 5.91 Å². The topological polar surface area (TPSA) is 53.8 Å². The van der Waals surface area contributed by atoms with Crippen LogP contribution in [0.15, 0.2) is 47.3 Å². The second-order valence-electron chi connectivity index (χ2n) is 7.56. The van der Waals surface area contributed by atoms with Crippen molar-refractivity contribution in [1.82, 2.24) is 9.80 Å². The molecule has 144 valence electrons. The molecule has 1 saturated heterocycles. The van der Waals surface area contributed by atoms with E-state index in [0.29, 0.717) is 17.9 Å². The number of carbonyl (C=O) groups is 2. The lowest BCUT2D eigenvalue weighted by Gasteiger charge is -2.32. The van der Waals surface area contributed by atoms with E-state index in [-0.39, 0.29) is 11.8 Å². The summed E-state index contributed by atoms with van der Waals surface area (Å²) in [6, 6.07) is 10.4. The Labute approximate surface area is 160 Å². The van der Waals surface area contributed by atoms with Crippen LogP contribution in [-0.2, 0) is 17.6 Å². The van der Waals surface area contributed by atoms with Gasteiger partial charge < -0.3 is 14.2 Å². The number of aryl methyl sites for hydroxylation is 1. The van der Waals surface area contributed by atoms with Crippen LogP contribution >= 0.6 is 0 Å². The molecule has 1 aliphatic rings. The van der Waals surface area contributed by atoms with Crippen LogP contribution in [0.1, 0.15) is 40.7 Å². The molecule has 1 aromatic carbocycles. The second-order valence-corrected chi connectivity index (χ2v) is 7.56. The Kier molecular flexibility index (Phi) is 6.32. The number of hydrogen-bond donors (Lipinski definition) is 0. The zero-order valence-corrected chi connectivity index (χ0v) is 16.2. The van der Waals surface area contributed by atoms with Gasteiger partial charge >= 0.3 is 0 Å². The van der Waals surface area contributed by atoms with E-state index in [2.05, 4.69) is 24.3 Å². The minimum atomic E-state index is 0.0684. The van der Waals surface area contributed by atoms with Crippen LogP contribution in [0.25, 0.3) is 0 Å². The molecule has 0 bridgehead atoms. The highest BCUT2D eigenvalue weighted by Crippen LogP contribution is 2.23. The SMILES string of the molecule is CN(C)C(=O)CCc1ccc(CC2CCN(C(=O)c3ccoc3)CC2)cc1. The van der Waals surface area contributed by atoms with E-state index < -0.39 is 0 Å². The van der Waals surface area contributed by atoms with E-state index >= 15 is 0 Å². The van der Waals surface area contributed by atoms with E-state index in [9.17, 15) is 9.59 Å². The molecule has 27 heavy (non-hydrogen) atoms. The summed E-state index contributed by atoms with van der Waals surface area (Å²) >= 11 is 0. The molecule has 2 heterocycles. The Hall–Kier alpha value is -2.56. The van der Waals surface area contributed by atoms with Crippen molar-refractivity contribution in [1.29, 1.82) is 0 Å². The normalized spacial score (nSPS) is 15.0. The molecule has 2 aromatic rings. The number of nitrogens with zero attached hydrogens (tertiary/aromatic N) is 2. The summed E-state index contributed by atoms with van der Waals surface area (Å²) in [4.78, 5) is 27.6. The highest BCUT2D eigenvalue weighted by molar-refractivity contribution is 5.93. The quantitative estimate of drug-likeness (QED) is 0.785. The Morgan fingerprint density at radius 3 is 2.33 bits per heavy atom. The average Bonchev–Trinajstić information content (AvgIpc) is 3.22. The molecule has 0 radical (unpaired) electrons. The molecule has 0 spiro atoms. The van der Waals surface area contributed by atoms with Crippen LogP contribution in [0, 0.1) is 5.92 Å². The van der Waals surface area contributed by atoms with Crippen molar-refractivity contribution in [2.45, 2.75) is 32.1 Å². The van der Waals surface area contributed by atoms with Crippen molar-refractivity contribution in [2.75, 3.05) is 27.2 Å². The third kappa shape index (κ3) is 5.22. The summed E-state index contributed by atoms with van der Waals surface area (Å²) in [7, 11) is 3.58. The van der Waals surface area contributed by atoms with E-state index in [1.165, 1.54) is 17.4 Å². The minimum Gasteiger partial charge on any atom is -0.472 e. The predicted molar refractivity (Wildman–Crippen MR) is 104 cm³/mol. The van der Waals surface area contributed by atoms with Crippen LogP contribution in [-0.4, -0.2) is 48.8 Å². The maximum Gasteiger partial charge on any atom is 0.257 e. The number of piperidine rings is 1. The number of benzene rings is 1. The molecule has 2 amide bonds. The molecule has 0 unspecified atom stereocenters. The third-order valence-corrected chi connectivity index (χ3v) is 5.34. The van der Waals surface area contributed by atoms with Gasteiger partial charge in [-0.15, -0.1) is 0 Å². The van der Waals surface area contributed by atoms with Crippen LogP contribution in [0.4, 0.5) is 0 Å². The summed E-state index contributed by atoms with van der Waals surface area (Å²) in [5.41, 5.74) is 3.17. The van der Waals surface area contributed by atoms with E-state index in [1.54, 1.807) is 31.3 Å². The Morgan fingerprint density at radius 2 is 1.74 bits per heavy atom. The van der Waals surface area contributed by atoms with Gasteiger partial charge in [0.25, 0.3) is 5.91 Å². The maximum atomic E-state index is 12.4. The summed E-state index contributed by atoms with van der Waals surface area (Å²) in [6.45, 7) is 1.61. The monoisotopic (exact) mass is 368 g/mol. The fourth-order valence-corrected chi connectivity index (χ4v) is 3.56. The number of rotatable bonds is 6. The lowest BCUT2D eigenvalue weighted by atomic mass is 9.89. The molecule has 1 fully saturated rings. The van der Waals surface area contributed by atoms with Crippen LogP contribution in [0.2, 0.25) is 0 Å². The summed E-state index contributed by atoms with van der Waals surface area (Å²) in [5, 5.41) is 0. The lowest BCUT2D eigenvalue weighted by molar-refractivity contribution is -0.128. The van der Waals surface area contributed by atoms with Crippen LogP contribution in [0.3, 0.4) is 0 Å². The van der Waals surface area contributed by atoms with E-state index in [1.807, 2.05) is 4.90 Å². The Bertz CT molecular complexity index is 742. The summed E-state index contributed by atoms with van der Waals surface area (Å²) < 4.78 is 5.01. The van der Waals surface area contributed by atoms with E-state index in [4.69, 9.17) is 4.42 Å².